The molecule has 0 spiro atoms. The second kappa shape index (κ2) is 9.82. The second-order valence-corrected chi connectivity index (χ2v) is 7.52. The lowest BCUT2D eigenvalue weighted by atomic mass is 10.1. The maximum atomic E-state index is 12.6. The molecule has 0 unspecified atom stereocenters. The van der Waals surface area contributed by atoms with Gasteiger partial charge in [-0.25, -0.2) is 4.79 Å². The number of hydrogen-bond donors (Lipinski definition) is 3. The summed E-state index contributed by atoms with van der Waals surface area (Å²) in [6.45, 7) is 1.86. The summed E-state index contributed by atoms with van der Waals surface area (Å²) >= 11 is 0. The van der Waals surface area contributed by atoms with Gasteiger partial charge in [-0.05, 0) is 60.9 Å². The number of carbonyl (C=O) groups excluding carboxylic acids is 3. The molecule has 8 heteroatoms. The first-order valence-corrected chi connectivity index (χ1v) is 10.5. The highest BCUT2D eigenvalue weighted by Crippen LogP contribution is 2.15. The van der Waals surface area contributed by atoms with Crippen LogP contribution in [0.4, 0.5) is 16.2 Å². The number of furan rings is 1. The molecule has 1 aliphatic heterocycles. The van der Waals surface area contributed by atoms with Crippen molar-refractivity contribution in [1.29, 1.82) is 0 Å². The van der Waals surface area contributed by atoms with Crippen LogP contribution in [0.1, 0.15) is 39.3 Å². The van der Waals surface area contributed by atoms with Crippen LogP contribution in [-0.2, 0) is 6.54 Å². The first-order chi connectivity index (χ1) is 15.6. The van der Waals surface area contributed by atoms with E-state index in [4.69, 9.17) is 4.42 Å². The highest BCUT2D eigenvalue weighted by Gasteiger charge is 2.17. The van der Waals surface area contributed by atoms with Crippen molar-refractivity contribution in [3.8, 4) is 0 Å². The Balaban J connectivity index is 1.33. The third kappa shape index (κ3) is 5.34. The van der Waals surface area contributed by atoms with Crippen molar-refractivity contribution in [2.24, 2.45) is 0 Å². The van der Waals surface area contributed by atoms with Crippen LogP contribution in [0.15, 0.2) is 71.3 Å². The van der Waals surface area contributed by atoms with Gasteiger partial charge in [-0.1, -0.05) is 18.2 Å². The largest absolute Gasteiger partial charge is 0.459 e. The van der Waals surface area contributed by atoms with E-state index < -0.39 is 0 Å². The molecule has 0 radical (unpaired) electrons. The van der Waals surface area contributed by atoms with Gasteiger partial charge in [-0.3, -0.25) is 9.59 Å². The number of likely N-dealkylation sites (tertiary alicyclic amines) is 1. The Morgan fingerprint density at radius 1 is 0.844 bits per heavy atom. The zero-order valence-electron chi connectivity index (χ0n) is 17.5. The molecule has 0 atom stereocenters. The molecule has 4 amide bonds. The highest BCUT2D eigenvalue weighted by molar-refractivity contribution is 6.03. The maximum absolute atomic E-state index is 12.6. The van der Waals surface area contributed by atoms with E-state index in [2.05, 4.69) is 16.0 Å². The van der Waals surface area contributed by atoms with Crippen LogP contribution in [0, 0.1) is 0 Å². The molecule has 2 aromatic carbocycles. The average Bonchev–Trinajstić information content (AvgIpc) is 3.52. The summed E-state index contributed by atoms with van der Waals surface area (Å²) in [5, 5.41) is 8.48. The monoisotopic (exact) mass is 432 g/mol. The third-order valence-corrected chi connectivity index (χ3v) is 5.15. The fourth-order valence-electron chi connectivity index (χ4n) is 3.50. The summed E-state index contributed by atoms with van der Waals surface area (Å²) in [5.74, 6) is -0.470. The number of anilines is 2. The summed E-state index contributed by atoms with van der Waals surface area (Å²) in [5.41, 5.74) is 2.46. The van der Waals surface area contributed by atoms with E-state index in [1.807, 2.05) is 24.3 Å². The van der Waals surface area contributed by atoms with Crippen LogP contribution in [0.3, 0.4) is 0 Å². The van der Waals surface area contributed by atoms with Gasteiger partial charge in [0.05, 0.1) is 6.26 Å². The number of nitrogens with zero attached hydrogens (tertiary/aromatic N) is 1. The van der Waals surface area contributed by atoms with Crippen molar-refractivity contribution in [1.82, 2.24) is 10.2 Å². The molecule has 1 fully saturated rings. The van der Waals surface area contributed by atoms with Crippen LogP contribution in [0.2, 0.25) is 0 Å². The van der Waals surface area contributed by atoms with Gasteiger partial charge >= 0.3 is 6.03 Å². The Kier molecular flexibility index (Phi) is 6.50. The molecule has 0 bridgehead atoms. The summed E-state index contributed by atoms with van der Waals surface area (Å²) in [7, 11) is 0. The molecule has 0 aliphatic carbocycles. The minimum Gasteiger partial charge on any atom is -0.459 e. The van der Waals surface area contributed by atoms with Gasteiger partial charge < -0.3 is 25.3 Å². The SMILES string of the molecule is O=C(NCc1cccc(NC(=O)N2CCCC2)c1)c1cccc(NC(=O)c2ccco2)c1. The first kappa shape index (κ1) is 21.2. The standard InChI is InChI=1S/C24H24N4O4/c29-22(18-7-4-9-20(15-18)26-23(30)21-10-5-13-32-21)25-16-17-6-3-8-19(14-17)27-24(31)28-11-1-2-12-28/h3-10,13-15H,1-2,11-12,16H2,(H,25,29)(H,26,30)(H,27,31). The predicted molar refractivity (Wildman–Crippen MR) is 121 cm³/mol. The van der Waals surface area contributed by atoms with Gasteiger partial charge in [0, 0.05) is 36.6 Å². The molecule has 164 valence electrons. The zero-order valence-corrected chi connectivity index (χ0v) is 17.5. The summed E-state index contributed by atoms with van der Waals surface area (Å²) in [4.78, 5) is 38.8. The smallest absolute Gasteiger partial charge is 0.321 e. The topological polar surface area (TPSA) is 104 Å². The maximum Gasteiger partial charge on any atom is 0.321 e. The van der Waals surface area contributed by atoms with E-state index >= 15 is 0 Å². The van der Waals surface area contributed by atoms with E-state index in [1.54, 1.807) is 41.3 Å². The fourth-order valence-corrected chi connectivity index (χ4v) is 3.50. The number of urea groups is 1. The molecule has 1 aromatic heterocycles. The summed E-state index contributed by atoms with van der Waals surface area (Å²) in [6, 6.07) is 17.1. The Hall–Kier alpha value is -4.07. The molecule has 4 rings (SSSR count). The van der Waals surface area contributed by atoms with E-state index in [-0.39, 0.29) is 23.6 Å². The molecule has 3 N–H and O–H groups in total. The number of amides is 4. The zero-order chi connectivity index (χ0) is 22.3. The van der Waals surface area contributed by atoms with E-state index in [9.17, 15) is 14.4 Å². The summed E-state index contributed by atoms with van der Waals surface area (Å²) < 4.78 is 5.08. The summed E-state index contributed by atoms with van der Waals surface area (Å²) in [6.07, 6.45) is 3.49. The molecule has 1 aliphatic rings. The highest BCUT2D eigenvalue weighted by atomic mass is 16.3. The Labute approximate surface area is 185 Å². The second-order valence-electron chi connectivity index (χ2n) is 7.52. The number of nitrogens with one attached hydrogen (secondary N) is 3. The Morgan fingerprint density at radius 3 is 2.34 bits per heavy atom. The fraction of sp³-hybridized carbons (Fsp3) is 0.208. The molecule has 1 saturated heterocycles. The van der Waals surface area contributed by atoms with Gasteiger partial charge in [0.25, 0.3) is 11.8 Å². The normalized spacial score (nSPS) is 12.9. The number of benzene rings is 2. The van der Waals surface area contributed by atoms with Crippen LogP contribution < -0.4 is 16.0 Å². The van der Waals surface area contributed by atoms with E-state index in [0.29, 0.717) is 23.5 Å². The Bertz CT molecular complexity index is 1100. The van der Waals surface area contributed by atoms with Crippen LogP contribution in [-0.4, -0.2) is 35.8 Å². The predicted octanol–water partition coefficient (Wildman–Crippen LogP) is 4.09. The molecule has 3 aromatic rings. The minimum absolute atomic E-state index is 0.0999. The molecule has 2 heterocycles. The molecule has 32 heavy (non-hydrogen) atoms. The molecular weight excluding hydrogens is 408 g/mol. The van der Waals surface area contributed by atoms with Gasteiger partial charge in [-0.15, -0.1) is 0 Å². The number of carbonyl (C=O) groups is 3. The lowest BCUT2D eigenvalue weighted by Crippen LogP contribution is -2.32. The van der Waals surface area contributed by atoms with E-state index in [1.165, 1.54) is 6.26 Å². The molecular formula is C24H24N4O4. The van der Waals surface area contributed by atoms with Crippen LogP contribution >= 0.6 is 0 Å². The molecule has 8 nitrogen and oxygen atoms in total. The lowest BCUT2D eigenvalue weighted by molar-refractivity contribution is 0.0949. The lowest BCUT2D eigenvalue weighted by Gasteiger charge is -2.16. The first-order valence-electron chi connectivity index (χ1n) is 10.5. The van der Waals surface area contributed by atoms with Crippen molar-refractivity contribution in [3.63, 3.8) is 0 Å². The van der Waals surface area contributed by atoms with Gasteiger partial charge in [0.15, 0.2) is 5.76 Å². The van der Waals surface area contributed by atoms with Crippen molar-refractivity contribution >= 4 is 29.2 Å². The van der Waals surface area contributed by atoms with Gasteiger partial charge in [0.1, 0.15) is 0 Å². The third-order valence-electron chi connectivity index (χ3n) is 5.15. The van der Waals surface area contributed by atoms with Crippen LogP contribution in [0.25, 0.3) is 0 Å². The van der Waals surface area contributed by atoms with Gasteiger partial charge in [0.2, 0.25) is 0 Å². The number of hydrogen-bond acceptors (Lipinski definition) is 4. The van der Waals surface area contributed by atoms with E-state index in [0.717, 1.165) is 31.5 Å². The van der Waals surface area contributed by atoms with Crippen LogP contribution in [0.5, 0.6) is 0 Å². The minimum atomic E-state index is -0.389. The van der Waals surface area contributed by atoms with Crippen molar-refractivity contribution in [3.05, 3.63) is 83.8 Å². The van der Waals surface area contributed by atoms with Gasteiger partial charge in [-0.2, -0.15) is 0 Å². The van der Waals surface area contributed by atoms with Crippen molar-refractivity contribution < 1.29 is 18.8 Å². The van der Waals surface area contributed by atoms with Crippen molar-refractivity contribution in [2.75, 3.05) is 23.7 Å². The Morgan fingerprint density at radius 2 is 1.59 bits per heavy atom. The number of rotatable bonds is 6. The average molecular weight is 432 g/mol. The quantitative estimate of drug-likeness (QED) is 0.546. The van der Waals surface area contributed by atoms with Crippen molar-refractivity contribution in [2.45, 2.75) is 19.4 Å². The molecule has 0 saturated carbocycles.